The number of hydrogen-bond acceptors (Lipinski definition) is 13. The predicted octanol–water partition coefficient (Wildman–Crippen LogP) is -1.65. The minimum Gasteiger partial charge on any atom is -0.480 e. The number of ether oxygens (including phenoxy) is 2. The quantitative estimate of drug-likeness (QED) is 0.0741. The number of β-lactam (4-membered cyclic amide) rings is 1. The smallest absolute Gasteiger partial charge is 0.446 e. The number of hydrogen-bond donors (Lipinski definition) is 4. The van der Waals surface area contributed by atoms with Gasteiger partial charge in [0.25, 0.3) is 11.6 Å². The lowest BCUT2D eigenvalue weighted by molar-refractivity contribution is -0.258. The number of nitrogens with zero attached hydrogens (tertiary/aromatic N) is 5. The average molecular weight is 601 g/mol. The molecule has 0 aliphatic carbocycles. The van der Waals surface area contributed by atoms with Gasteiger partial charge in [0.15, 0.2) is 12.1 Å². The molecule has 1 unspecified atom stereocenters. The molecule has 4 rings (SSSR count). The van der Waals surface area contributed by atoms with Crippen LogP contribution in [0.15, 0.2) is 40.7 Å². The number of rotatable bonds is 11. The van der Waals surface area contributed by atoms with Crippen LogP contribution in [-0.2, 0) is 46.1 Å². The highest BCUT2D eigenvalue weighted by Crippen LogP contribution is 2.41. The molecule has 2 aliphatic rings. The van der Waals surface area contributed by atoms with Crippen molar-refractivity contribution < 1.29 is 56.0 Å². The van der Waals surface area contributed by atoms with Crippen LogP contribution >= 0.6 is 11.8 Å². The van der Waals surface area contributed by atoms with Crippen molar-refractivity contribution in [1.29, 1.82) is 0 Å². The van der Waals surface area contributed by atoms with Crippen molar-refractivity contribution in [2.75, 3.05) is 19.5 Å². The van der Waals surface area contributed by atoms with Gasteiger partial charge in [0.05, 0.1) is 6.61 Å². The fourth-order valence-corrected chi connectivity index (χ4v) is 5.24. The molecular weight excluding hydrogens is 580 g/mol. The van der Waals surface area contributed by atoms with Crippen LogP contribution in [0.3, 0.4) is 0 Å². The van der Waals surface area contributed by atoms with E-state index in [1.54, 1.807) is 7.05 Å². The lowest BCUT2D eigenvalue weighted by atomic mass is 9.92. The van der Waals surface area contributed by atoms with Crippen LogP contribution in [0.4, 0.5) is 0 Å². The molecule has 0 bridgehead atoms. The first-order valence-corrected chi connectivity index (χ1v) is 13.3. The van der Waals surface area contributed by atoms with Gasteiger partial charge in [-0.25, -0.2) is 9.48 Å². The molecule has 3 atom stereocenters. The Hall–Kier alpha value is -4.11. The average Bonchev–Trinajstić information content (AvgIpc) is 3.29. The molecule has 4 N–H and O–H groups in total. The lowest BCUT2D eigenvalue weighted by Crippen LogP contribution is -2.82. The fourth-order valence-electron chi connectivity index (χ4n) is 4.05. The molecule has 1 aromatic heterocycles. The predicted molar refractivity (Wildman–Crippen MR) is 128 cm³/mol. The Morgan fingerprint density at radius 1 is 1.27 bits per heavy atom. The van der Waals surface area contributed by atoms with Gasteiger partial charge < -0.3 is 29.2 Å². The van der Waals surface area contributed by atoms with Crippen molar-refractivity contribution in [3.63, 3.8) is 0 Å². The zero-order valence-corrected chi connectivity index (χ0v) is 22.1. The fraction of sp³-hybridized carbons (Fsp3) is 0.350. The second-order valence-corrected chi connectivity index (χ2v) is 10.2. The summed E-state index contributed by atoms with van der Waals surface area (Å²) in [6.45, 7) is -0.271. The summed E-state index contributed by atoms with van der Waals surface area (Å²) < 4.78 is 47.1. The summed E-state index contributed by atoms with van der Waals surface area (Å²) in [4.78, 5) is 51.3. The maximum absolute atomic E-state index is 13.3. The molecular formula is C20H20N6O12S2. The number of carbonyl (C=O) groups excluding carboxylic acids is 2. The topological polar surface area (TPSA) is 250 Å². The van der Waals surface area contributed by atoms with Gasteiger partial charge in [-0.1, -0.05) is 23.9 Å². The van der Waals surface area contributed by atoms with Crippen LogP contribution < -0.4 is 9.50 Å². The number of aryl methyl sites for hydroxylation is 1. The number of amides is 2. The second-order valence-electron chi connectivity index (χ2n) is 8.25. The Labute approximate surface area is 228 Å². The van der Waals surface area contributed by atoms with Gasteiger partial charge >= 0.3 is 22.3 Å². The molecule has 2 aliphatic heterocycles. The summed E-state index contributed by atoms with van der Waals surface area (Å²) in [5, 5.41) is 33.1. The standard InChI is InChI=1S/C20H20N6O12S2/c1-25-19(22-23-24-25)39-8-10-7-37-18-20(36-2,17(32)26(18)13(10)16(30)31)21-14(27)12(15(28)29)9-3-5-11(6-4-9)38-40(33,34)35/h3-6,12,18H,7-8H2,1-2H3,(H,21,27)(H,28,29)(H,30,31)(H,33,34,35)/t12?,18-,20+/m1/s1. The van der Waals surface area contributed by atoms with Gasteiger partial charge in [0.1, 0.15) is 11.4 Å². The highest BCUT2D eigenvalue weighted by molar-refractivity contribution is 7.99. The van der Waals surface area contributed by atoms with E-state index in [1.165, 1.54) is 4.68 Å². The van der Waals surface area contributed by atoms with E-state index in [2.05, 4.69) is 25.0 Å². The number of carboxylic acids is 2. The van der Waals surface area contributed by atoms with Crippen LogP contribution in [0.25, 0.3) is 0 Å². The third-order valence-corrected chi connectivity index (χ3v) is 7.32. The SMILES string of the molecule is CO[C@@]1(NC(=O)C(C(=O)O)c2ccc(OS(=O)(=O)O)cc2)C(=O)N2C(C(=O)O)=C(CSc3nnnn3C)CO[C@@H]21. The summed E-state index contributed by atoms with van der Waals surface area (Å²) in [7, 11) is -2.21. The number of thioether (sulfide) groups is 1. The normalized spacial score (nSPS) is 21.3. The number of nitrogens with one attached hydrogen (secondary N) is 1. The van der Waals surface area contributed by atoms with Crippen LogP contribution in [0, 0.1) is 0 Å². The Morgan fingerprint density at radius 2 is 1.95 bits per heavy atom. The third-order valence-electron chi connectivity index (χ3n) is 5.82. The summed E-state index contributed by atoms with van der Waals surface area (Å²) in [6, 6.07) is 4.12. The van der Waals surface area contributed by atoms with E-state index in [1.807, 2.05) is 0 Å². The van der Waals surface area contributed by atoms with Crippen LogP contribution in [0.2, 0.25) is 0 Å². The van der Waals surface area contributed by atoms with Crippen molar-refractivity contribution in [2.45, 2.75) is 23.0 Å². The van der Waals surface area contributed by atoms with E-state index >= 15 is 0 Å². The Morgan fingerprint density at radius 3 is 2.48 bits per heavy atom. The van der Waals surface area contributed by atoms with Crippen molar-refractivity contribution in [1.82, 2.24) is 30.4 Å². The number of fused-ring (bicyclic) bond motifs is 1. The number of carboxylic acid groups (broad SMARTS) is 2. The van der Waals surface area contributed by atoms with Gasteiger partial charge in [-0.05, 0) is 33.7 Å². The maximum atomic E-state index is 13.3. The number of carbonyl (C=O) groups is 4. The summed E-state index contributed by atoms with van der Waals surface area (Å²) in [5.74, 6) is -7.54. The molecule has 0 radical (unpaired) electrons. The zero-order valence-electron chi connectivity index (χ0n) is 20.4. The number of aliphatic carboxylic acids is 2. The van der Waals surface area contributed by atoms with Crippen molar-refractivity contribution >= 4 is 45.9 Å². The van der Waals surface area contributed by atoms with Gasteiger partial charge in [0.2, 0.25) is 11.1 Å². The summed E-state index contributed by atoms with van der Waals surface area (Å²) in [6.07, 6.45) is -1.44. The van der Waals surface area contributed by atoms with E-state index in [-0.39, 0.29) is 29.2 Å². The first kappa shape index (κ1) is 28.9. The van der Waals surface area contributed by atoms with Gasteiger partial charge in [-0.3, -0.25) is 23.8 Å². The van der Waals surface area contributed by atoms with Crippen molar-refractivity contribution in [3.8, 4) is 5.75 Å². The van der Waals surface area contributed by atoms with Gasteiger partial charge in [0, 0.05) is 19.9 Å². The molecule has 1 saturated heterocycles. The number of methoxy groups -OCH3 is 1. The Kier molecular flexibility index (Phi) is 7.81. The monoisotopic (exact) mass is 600 g/mol. The molecule has 1 fully saturated rings. The number of aromatic nitrogens is 4. The highest BCUT2D eigenvalue weighted by Gasteiger charge is 2.68. The van der Waals surface area contributed by atoms with Crippen molar-refractivity contribution in [3.05, 3.63) is 41.1 Å². The van der Waals surface area contributed by atoms with Gasteiger partial charge in [-0.2, -0.15) is 8.42 Å². The molecule has 214 valence electrons. The molecule has 18 nitrogen and oxygen atoms in total. The molecule has 0 spiro atoms. The lowest BCUT2D eigenvalue weighted by Gasteiger charge is -2.55. The number of tetrazole rings is 1. The highest BCUT2D eigenvalue weighted by atomic mass is 32.3. The molecule has 3 heterocycles. The third kappa shape index (κ3) is 5.34. The van der Waals surface area contributed by atoms with E-state index in [9.17, 15) is 37.8 Å². The van der Waals surface area contributed by atoms with Crippen LogP contribution in [0.5, 0.6) is 5.75 Å². The first-order chi connectivity index (χ1) is 18.8. The van der Waals surface area contributed by atoms with Crippen LogP contribution in [0.1, 0.15) is 11.5 Å². The van der Waals surface area contributed by atoms with Gasteiger partial charge in [-0.15, -0.1) is 5.10 Å². The first-order valence-electron chi connectivity index (χ1n) is 10.9. The second kappa shape index (κ2) is 10.8. The van der Waals surface area contributed by atoms with E-state index in [0.29, 0.717) is 5.16 Å². The molecule has 2 amide bonds. The van der Waals surface area contributed by atoms with E-state index in [0.717, 1.165) is 48.0 Å². The van der Waals surface area contributed by atoms with Crippen LogP contribution in [-0.4, -0.2) is 103 Å². The minimum atomic E-state index is -4.84. The molecule has 2 aromatic rings. The summed E-state index contributed by atoms with van der Waals surface area (Å²) >= 11 is 1.10. The summed E-state index contributed by atoms with van der Waals surface area (Å²) in [5.41, 5.74) is -2.56. The minimum absolute atomic E-state index is 0.0526. The number of benzene rings is 1. The molecule has 40 heavy (non-hydrogen) atoms. The molecule has 20 heteroatoms. The maximum Gasteiger partial charge on any atom is 0.446 e. The van der Waals surface area contributed by atoms with E-state index < -0.39 is 57.7 Å². The Balaban J connectivity index is 1.56. The van der Waals surface area contributed by atoms with Crippen molar-refractivity contribution in [2.24, 2.45) is 7.05 Å². The molecule has 0 saturated carbocycles. The Bertz CT molecular complexity index is 1510. The largest absolute Gasteiger partial charge is 0.480 e. The molecule has 1 aromatic carbocycles. The van der Waals surface area contributed by atoms with E-state index in [4.69, 9.17) is 14.0 Å². The zero-order chi connectivity index (χ0) is 29.4.